The average molecular weight is 327 g/mol. The minimum absolute atomic E-state index is 0.394. The second-order valence-corrected chi connectivity index (χ2v) is 5.97. The third-order valence-electron chi connectivity index (χ3n) is 3.84. The zero-order valence-corrected chi connectivity index (χ0v) is 13.3. The molecular weight excluding hydrogens is 304 g/mol. The van der Waals surface area contributed by atoms with Crippen molar-refractivity contribution in [1.82, 2.24) is 10.2 Å². The molecule has 0 amide bonds. The van der Waals surface area contributed by atoms with Gasteiger partial charge in [0.15, 0.2) is 0 Å². The summed E-state index contributed by atoms with van der Waals surface area (Å²) in [5.41, 5.74) is 1.34. The Bertz CT molecular complexity index is 399. The number of ether oxygens (including phenoxy) is 1. The molecule has 0 radical (unpaired) electrons. The minimum atomic E-state index is 0.394. The standard InChI is InChI=1S/C15H23BrN2O/c1-12-11-19-10-9-18(12)8-7-15(17-2)13-5-3-4-6-14(13)16/h3-6,12,15,17H,7-11H2,1-2H3. The lowest BCUT2D eigenvalue weighted by atomic mass is 10.0. The predicted molar refractivity (Wildman–Crippen MR) is 82.4 cm³/mol. The number of rotatable bonds is 5. The van der Waals surface area contributed by atoms with Gasteiger partial charge >= 0.3 is 0 Å². The molecule has 1 heterocycles. The fourth-order valence-electron chi connectivity index (χ4n) is 2.60. The van der Waals surface area contributed by atoms with Gasteiger partial charge in [0.2, 0.25) is 0 Å². The van der Waals surface area contributed by atoms with Crippen LogP contribution in [0.5, 0.6) is 0 Å². The molecule has 3 nitrogen and oxygen atoms in total. The molecule has 0 saturated carbocycles. The van der Waals surface area contributed by atoms with Gasteiger partial charge in [0, 0.05) is 29.6 Å². The van der Waals surface area contributed by atoms with E-state index in [1.165, 1.54) is 10.0 Å². The molecule has 2 atom stereocenters. The largest absolute Gasteiger partial charge is 0.379 e. The summed E-state index contributed by atoms with van der Waals surface area (Å²) in [6.07, 6.45) is 1.11. The summed E-state index contributed by atoms with van der Waals surface area (Å²) in [7, 11) is 2.03. The van der Waals surface area contributed by atoms with Crippen molar-refractivity contribution in [1.29, 1.82) is 0 Å². The summed E-state index contributed by atoms with van der Waals surface area (Å²) in [6.45, 7) is 6.12. The zero-order chi connectivity index (χ0) is 13.7. The van der Waals surface area contributed by atoms with E-state index in [9.17, 15) is 0 Å². The molecule has 1 fully saturated rings. The van der Waals surface area contributed by atoms with E-state index in [1.54, 1.807) is 0 Å². The van der Waals surface area contributed by atoms with Gasteiger partial charge in [-0.1, -0.05) is 34.1 Å². The smallest absolute Gasteiger partial charge is 0.0619 e. The number of morpholine rings is 1. The number of nitrogens with one attached hydrogen (secondary N) is 1. The van der Waals surface area contributed by atoms with Crippen molar-refractivity contribution in [2.75, 3.05) is 33.4 Å². The number of hydrogen-bond acceptors (Lipinski definition) is 3. The molecule has 0 bridgehead atoms. The number of nitrogens with zero attached hydrogens (tertiary/aromatic N) is 1. The third-order valence-corrected chi connectivity index (χ3v) is 4.56. The fraction of sp³-hybridized carbons (Fsp3) is 0.600. The quantitative estimate of drug-likeness (QED) is 0.900. The van der Waals surface area contributed by atoms with E-state index in [2.05, 4.69) is 57.3 Å². The molecule has 1 aliphatic heterocycles. The lowest BCUT2D eigenvalue weighted by Crippen LogP contribution is -2.44. The Labute approximate surface area is 124 Å². The molecule has 4 heteroatoms. The minimum Gasteiger partial charge on any atom is -0.379 e. The number of halogens is 1. The third kappa shape index (κ3) is 4.02. The van der Waals surface area contributed by atoms with Gasteiger partial charge < -0.3 is 10.1 Å². The summed E-state index contributed by atoms with van der Waals surface area (Å²) in [4.78, 5) is 2.52. The van der Waals surface area contributed by atoms with Crippen LogP contribution in [0.25, 0.3) is 0 Å². The van der Waals surface area contributed by atoms with Gasteiger partial charge in [0.05, 0.1) is 13.2 Å². The van der Waals surface area contributed by atoms with Crippen LogP contribution in [-0.2, 0) is 4.74 Å². The Morgan fingerprint density at radius 2 is 2.26 bits per heavy atom. The molecule has 0 aromatic heterocycles. The highest BCUT2D eigenvalue weighted by atomic mass is 79.9. The Morgan fingerprint density at radius 3 is 2.95 bits per heavy atom. The Kier molecular flexibility index (Phi) is 5.82. The summed E-state index contributed by atoms with van der Waals surface area (Å²) < 4.78 is 6.67. The number of hydrogen-bond donors (Lipinski definition) is 1. The van der Waals surface area contributed by atoms with Gasteiger partial charge in [0.25, 0.3) is 0 Å². The molecule has 2 unspecified atom stereocenters. The molecule has 1 aromatic rings. The summed E-state index contributed by atoms with van der Waals surface area (Å²) in [5.74, 6) is 0. The molecule has 1 N–H and O–H groups in total. The Hall–Kier alpha value is -0.420. The van der Waals surface area contributed by atoms with Crippen molar-refractivity contribution >= 4 is 15.9 Å². The Balaban J connectivity index is 1.94. The van der Waals surface area contributed by atoms with Crippen LogP contribution in [0.15, 0.2) is 28.7 Å². The topological polar surface area (TPSA) is 24.5 Å². The first-order valence-electron chi connectivity index (χ1n) is 6.96. The van der Waals surface area contributed by atoms with Gasteiger partial charge in [-0.15, -0.1) is 0 Å². The van der Waals surface area contributed by atoms with Gasteiger partial charge in [-0.3, -0.25) is 4.90 Å². The normalized spacial score (nSPS) is 22.4. The lowest BCUT2D eigenvalue weighted by molar-refractivity contribution is -0.00174. The summed E-state index contributed by atoms with van der Waals surface area (Å²) >= 11 is 3.64. The second-order valence-electron chi connectivity index (χ2n) is 5.11. The van der Waals surface area contributed by atoms with Crippen LogP contribution in [0.3, 0.4) is 0 Å². The van der Waals surface area contributed by atoms with Crippen LogP contribution < -0.4 is 5.32 Å². The van der Waals surface area contributed by atoms with E-state index < -0.39 is 0 Å². The molecule has 0 aliphatic carbocycles. The molecule has 106 valence electrons. The highest BCUT2D eigenvalue weighted by Crippen LogP contribution is 2.25. The zero-order valence-electron chi connectivity index (χ0n) is 11.7. The number of benzene rings is 1. The molecule has 1 saturated heterocycles. The lowest BCUT2D eigenvalue weighted by Gasteiger charge is -2.34. The van der Waals surface area contributed by atoms with E-state index in [0.717, 1.165) is 32.7 Å². The molecule has 0 spiro atoms. The van der Waals surface area contributed by atoms with Crippen LogP contribution in [0, 0.1) is 0 Å². The maximum atomic E-state index is 5.48. The first-order valence-corrected chi connectivity index (χ1v) is 7.75. The summed E-state index contributed by atoms with van der Waals surface area (Å²) in [6, 6.07) is 9.38. The van der Waals surface area contributed by atoms with Gasteiger partial charge in [-0.05, 0) is 32.0 Å². The van der Waals surface area contributed by atoms with Crippen molar-refractivity contribution in [2.45, 2.75) is 25.4 Å². The average Bonchev–Trinajstić information content (AvgIpc) is 2.43. The van der Waals surface area contributed by atoms with Crippen LogP contribution >= 0.6 is 15.9 Å². The molecule has 2 rings (SSSR count). The maximum Gasteiger partial charge on any atom is 0.0619 e. The fourth-order valence-corrected chi connectivity index (χ4v) is 3.16. The highest BCUT2D eigenvalue weighted by Gasteiger charge is 2.20. The molecular formula is C15H23BrN2O. The van der Waals surface area contributed by atoms with Gasteiger partial charge in [-0.25, -0.2) is 0 Å². The highest BCUT2D eigenvalue weighted by molar-refractivity contribution is 9.10. The van der Waals surface area contributed by atoms with E-state index >= 15 is 0 Å². The Morgan fingerprint density at radius 1 is 1.47 bits per heavy atom. The van der Waals surface area contributed by atoms with E-state index in [4.69, 9.17) is 4.74 Å². The SMILES string of the molecule is CNC(CCN1CCOCC1C)c1ccccc1Br. The molecule has 1 aliphatic rings. The second kappa shape index (κ2) is 7.39. The van der Waals surface area contributed by atoms with E-state index in [-0.39, 0.29) is 0 Å². The van der Waals surface area contributed by atoms with E-state index in [1.807, 2.05) is 7.05 Å². The predicted octanol–water partition coefficient (Wildman–Crippen LogP) is 2.82. The van der Waals surface area contributed by atoms with Crippen LogP contribution in [-0.4, -0.2) is 44.3 Å². The monoisotopic (exact) mass is 326 g/mol. The molecule has 1 aromatic carbocycles. The molecule has 19 heavy (non-hydrogen) atoms. The van der Waals surface area contributed by atoms with Crippen molar-refractivity contribution in [3.63, 3.8) is 0 Å². The van der Waals surface area contributed by atoms with Crippen molar-refractivity contribution in [3.05, 3.63) is 34.3 Å². The first-order chi connectivity index (χ1) is 9.22. The maximum absolute atomic E-state index is 5.48. The van der Waals surface area contributed by atoms with Crippen LogP contribution in [0.4, 0.5) is 0 Å². The van der Waals surface area contributed by atoms with Crippen molar-refractivity contribution in [2.24, 2.45) is 0 Å². The van der Waals surface area contributed by atoms with Crippen LogP contribution in [0.1, 0.15) is 24.9 Å². The summed E-state index contributed by atoms with van der Waals surface area (Å²) in [5, 5.41) is 3.43. The van der Waals surface area contributed by atoms with Crippen LogP contribution in [0.2, 0.25) is 0 Å². The van der Waals surface area contributed by atoms with Crippen molar-refractivity contribution in [3.8, 4) is 0 Å². The van der Waals surface area contributed by atoms with E-state index in [0.29, 0.717) is 12.1 Å². The van der Waals surface area contributed by atoms with Gasteiger partial charge in [-0.2, -0.15) is 0 Å². The van der Waals surface area contributed by atoms with Gasteiger partial charge in [0.1, 0.15) is 0 Å². The first kappa shape index (κ1) is 15.0. The van der Waals surface area contributed by atoms with Crippen molar-refractivity contribution < 1.29 is 4.74 Å².